The summed E-state index contributed by atoms with van der Waals surface area (Å²) in [5, 5.41) is 39.9. The van der Waals surface area contributed by atoms with E-state index in [9.17, 15) is 30.0 Å². The molecule has 1 aliphatic heterocycles. The molecule has 0 aromatic rings. The van der Waals surface area contributed by atoms with Gasteiger partial charge in [-0.15, -0.1) is 0 Å². The summed E-state index contributed by atoms with van der Waals surface area (Å²) in [4.78, 5) is 25.2. The zero-order valence-corrected chi connectivity index (χ0v) is 32.4. The lowest BCUT2D eigenvalue weighted by Gasteiger charge is -2.39. The minimum absolute atomic E-state index is 0.216. The fourth-order valence-corrected chi connectivity index (χ4v) is 6.30. The lowest BCUT2D eigenvalue weighted by molar-refractivity contribution is -0.305. The van der Waals surface area contributed by atoms with Crippen LogP contribution in [0.1, 0.15) is 181 Å². The molecule has 1 saturated heterocycles. The first-order chi connectivity index (χ1) is 24.8. The molecule has 10 heteroatoms. The number of hydrogen-bond donors (Lipinski definition) is 4. The van der Waals surface area contributed by atoms with E-state index in [1.807, 2.05) is 0 Å². The van der Waals surface area contributed by atoms with Crippen molar-refractivity contribution in [3.8, 4) is 0 Å². The van der Waals surface area contributed by atoms with E-state index in [-0.39, 0.29) is 32.0 Å². The van der Waals surface area contributed by atoms with Crippen molar-refractivity contribution in [3.05, 3.63) is 12.2 Å². The molecular weight excluding hydrogens is 652 g/mol. The monoisotopic (exact) mass is 729 g/mol. The van der Waals surface area contributed by atoms with Gasteiger partial charge in [-0.05, 0) is 38.5 Å². The Hall–Kier alpha value is -1.56. The van der Waals surface area contributed by atoms with Crippen molar-refractivity contribution in [2.45, 2.75) is 218 Å². The Morgan fingerprint density at radius 2 is 1.04 bits per heavy atom. The van der Waals surface area contributed by atoms with Crippen LogP contribution in [0.5, 0.6) is 0 Å². The average molecular weight is 729 g/mol. The number of rotatable bonds is 34. The van der Waals surface area contributed by atoms with Crippen LogP contribution in [0.25, 0.3) is 0 Å². The summed E-state index contributed by atoms with van der Waals surface area (Å²) in [7, 11) is 0. The van der Waals surface area contributed by atoms with Gasteiger partial charge >= 0.3 is 11.9 Å². The molecule has 1 fully saturated rings. The van der Waals surface area contributed by atoms with E-state index >= 15 is 0 Å². The van der Waals surface area contributed by atoms with Gasteiger partial charge in [-0.2, -0.15) is 0 Å². The summed E-state index contributed by atoms with van der Waals surface area (Å²) < 4.78 is 22.1. The Kier molecular flexibility index (Phi) is 30.7. The van der Waals surface area contributed by atoms with Gasteiger partial charge in [-0.3, -0.25) is 9.59 Å². The largest absolute Gasteiger partial charge is 0.462 e. The van der Waals surface area contributed by atoms with E-state index in [1.165, 1.54) is 89.9 Å². The van der Waals surface area contributed by atoms with Gasteiger partial charge in [0, 0.05) is 12.8 Å². The lowest BCUT2D eigenvalue weighted by atomic mass is 9.99. The zero-order valence-electron chi connectivity index (χ0n) is 32.4. The first kappa shape index (κ1) is 47.5. The molecule has 6 atom stereocenters. The van der Waals surface area contributed by atoms with Gasteiger partial charge in [-0.25, -0.2) is 0 Å². The molecule has 0 aliphatic carbocycles. The summed E-state index contributed by atoms with van der Waals surface area (Å²) in [5.41, 5.74) is 0. The molecule has 0 amide bonds. The number of carbonyl (C=O) groups is 2. The molecule has 0 radical (unpaired) electrons. The minimum atomic E-state index is -1.59. The lowest BCUT2D eigenvalue weighted by Crippen LogP contribution is -2.59. The Bertz CT molecular complexity index is 850. The predicted octanol–water partition coefficient (Wildman–Crippen LogP) is 8.00. The van der Waals surface area contributed by atoms with Gasteiger partial charge in [0.05, 0.1) is 13.2 Å². The fourth-order valence-electron chi connectivity index (χ4n) is 6.30. The van der Waals surface area contributed by atoms with Crippen LogP contribution in [-0.4, -0.2) is 89.0 Å². The molecule has 0 aromatic heterocycles. The Morgan fingerprint density at radius 3 is 1.55 bits per heavy atom. The third-order valence-corrected chi connectivity index (χ3v) is 9.65. The summed E-state index contributed by atoms with van der Waals surface area (Å²) in [6, 6.07) is 0. The van der Waals surface area contributed by atoms with Gasteiger partial charge < -0.3 is 39.4 Å². The van der Waals surface area contributed by atoms with Crippen molar-refractivity contribution in [2.75, 3.05) is 19.8 Å². The van der Waals surface area contributed by atoms with Crippen LogP contribution < -0.4 is 0 Å². The van der Waals surface area contributed by atoms with Gasteiger partial charge in [0.2, 0.25) is 0 Å². The van der Waals surface area contributed by atoms with Crippen LogP contribution in [0.4, 0.5) is 0 Å². The maximum atomic E-state index is 12.7. The van der Waals surface area contributed by atoms with E-state index < -0.39 is 49.4 Å². The first-order valence-corrected chi connectivity index (χ1v) is 20.8. The highest BCUT2D eigenvalue weighted by atomic mass is 16.7. The van der Waals surface area contributed by atoms with Crippen molar-refractivity contribution in [2.24, 2.45) is 0 Å². The normalized spacial score (nSPS) is 21.3. The van der Waals surface area contributed by atoms with Gasteiger partial charge in [-0.1, -0.05) is 142 Å². The van der Waals surface area contributed by atoms with Crippen LogP contribution in [0.3, 0.4) is 0 Å². The van der Waals surface area contributed by atoms with Crippen LogP contribution >= 0.6 is 0 Å². The Balaban J connectivity index is 2.37. The molecular formula is C41H76O10. The second-order valence-corrected chi connectivity index (χ2v) is 14.4. The van der Waals surface area contributed by atoms with Gasteiger partial charge in [0.1, 0.15) is 31.0 Å². The molecule has 4 N–H and O–H groups in total. The molecule has 1 rings (SSSR count). The summed E-state index contributed by atoms with van der Waals surface area (Å²) >= 11 is 0. The number of aliphatic hydroxyl groups is 4. The van der Waals surface area contributed by atoms with Gasteiger partial charge in [0.25, 0.3) is 0 Å². The highest BCUT2D eigenvalue weighted by Gasteiger charge is 2.44. The second-order valence-electron chi connectivity index (χ2n) is 14.4. The molecule has 0 bridgehead atoms. The van der Waals surface area contributed by atoms with E-state index in [4.69, 9.17) is 18.9 Å². The van der Waals surface area contributed by atoms with Crippen molar-refractivity contribution in [1.29, 1.82) is 0 Å². The van der Waals surface area contributed by atoms with E-state index in [0.29, 0.717) is 6.42 Å². The predicted molar refractivity (Wildman–Crippen MR) is 201 cm³/mol. The maximum Gasteiger partial charge on any atom is 0.306 e. The molecule has 1 heterocycles. The van der Waals surface area contributed by atoms with Crippen LogP contribution in [0.15, 0.2) is 12.2 Å². The first-order valence-electron chi connectivity index (χ1n) is 20.8. The fraction of sp³-hybridized carbons (Fsp3) is 0.902. The molecule has 6 unspecified atom stereocenters. The van der Waals surface area contributed by atoms with E-state index in [1.54, 1.807) is 0 Å². The number of esters is 2. The molecule has 0 aromatic carbocycles. The highest BCUT2D eigenvalue weighted by Crippen LogP contribution is 2.22. The van der Waals surface area contributed by atoms with Crippen LogP contribution in [0.2, 0.25) is 0 Å². The number of carbonyl (C=O) groups excluding carboxylic acids is 2. The molecule has 51 heavy (non-hydrogen) atoms. The number of hydrogen-bond acceptors (Lipinski definition) is 10. The van der Waals surface area contributed by atoms with Crippen molar-refractivity contribution in [3.63, 3.8) is 0 Å². The molecule has 300 valence electrons. The Labute approximate surface area is 310 Å². The highest BCUT2D eigenvalue weighted by molar-refractivity contribution is 5.70. The van der Waals surface area contributed by atoms with Crippen LogP contribution in [0, 0.1) is 0 Å². The minimum Gasteiger partial charge on any atom is -0.462 e. The average Bonchev–Trinajstić information content (AvgIpc) is 3.13. The maximum absolute atomic E-state index is 12.7. The summed E-state index contributed by atoms with van der Waals surface area (Å²) in [5.74, 6) is -0.811. The number of allylic oxidation sites excluding steroid dienone is 2. The quantitative estimate of drug-likeness (QED) is 0.0291. The molecule has 1 aliphatic rings. The van der Waals surface area contributed by atoms with Crippen molar-refractivity contribution >= 4 is 11.9 Å². The molecule has 0 spiro atoms. The number of aliphatic hydroxyl groups excluding tert-OH is 4. The second kappa shape index (κ2) is 33.0. The summed E-state index contributed by atoms with van der Waals surface area (Å²) in [6.45, 7) is 3.39. The van der Waals surface area contributed by atoms with Crippen LogP contribution in [-0.2, 0) is 28.5 Å². The van der Waals surface area contributed by atoms with Gasteiger partial charge in [0.15, 0.2) is 12.4 Å². The van der Waals surface area contributed by atoms with Crippen molar-refractivity contribution in [1.82, 2.24) is 0 Å². The van der Waals surface area contributed by atoms with E-state index in [0.717, 1.165) is 57.8 Å². The standard InChI is InChI=1S/C41H76O10/c1-3-5-7-9-11-13-15-17-19-21-23-25-27-29-36(43)48-32-34(33-49-41-40(47)39(46)38(45)35(31-42)51-41)50-37(44)30-28-26-24-22-20-18-16-14-12-10-8-6-4-2/h14,16,34-35,38-42,45-47H,3-13,15,17-33H2,1-2H3/b16-14-. The molecule has 10 nitrogen and oxygen atoms in total. The van der Waals surface area contributed by atoms with Crippen molar-refractivity contribution < 1.29 is 49.0 Å². The smallest absolute Gasteiger partial charge is 0.306 e. The zero-order chi connectivity index (χ0) is 37.4. The SMILES string of the molecule is CCCCCC/C=C\CCCCCCCC(=O)OC(COC(=O)CCCCCCCCCCCCCCC)COC1OC(CO)C(O)C(O)C1O. The van der Waals surface area contributed by atoms with E-state index in [2.05, 4.69) is 26.0 Å². The summed E-state index contributed by atoms with van der Waals surface area (Å²) in [6.07, 6.45) is 25.0. The number of ether oxygens (including phenoxy) is 4. The topological polar surface area (TPSA) is 152 Å². The third kappa shape index (κ3) is 25.2. The third-order valence-electron chi connectivity index (χ3n) is 9.65. The Morgan fingerprint density at radius 1 is 0.588 bits per heavy atom. The number of unbranched alkanes of at least 4 members (excludes halogenated alkanes) is 21. The molecule has 0 saturated carbocycles.